The number of nitrogens with one attached hydrogen (secondary N) is 1. The van der Waals surface area contributed by atoms with Crippen LogP contribution in [0.25, 0.3) is 0 Å². The van der Waals surface area contributed by atoms with Gasteiger partial charge < -0.3 is 20.6 Å². The van der Waals surface area contributed by atoms with Gasteiger partial charge >= 0.3 is 0 Å². The van der Waals surface area contributed by atoms with E-state index in [1.807, 2.05) is 31.2 Å². The van der Waals surface area contributed by atoms with Crippen molar-refractivity contribution >= 4 is 17.4 Å². The van der Waals surface area contributed by atoms with Crippen LogP contribution in [-0.2, 0) is 16.1 Å². The van der Waals surface area contributed by atoms with Gasteiger partial charge in [0, 0.05) is 23.5 Å². The van der Waals surface area contributed by atoms with Crippen molar-refractivity contribution in [1.29, 1.82) is 0 Å². The summed E-state index contributed by atoms with van der Waals surface area (Å²) in [5.74, 6) is 0.148. The molecule has 0 atom stereocenters. The van der Waals surface area contributed by atoms with E-state index in [9.17, 15) is 9.18 Å². The molecule has 0 unspecified atom stereocenters. The molecule has 0 aliphatic heterocycles. The van der Waals surface area contributed by atoms with Gasteiger partial charge in [-0.15, -0.1) is 0 Å². The van der Waals surface area contributed by atoms with Gasteiger partial charge in [-0.2, -0.15) is 0 Å². The highest BCUT2D eigenvalue weighted by atomic mass is 19.1. The van der Waals surface area contributed by atoms with Crippen LogP contribution in [-0.4, -0.2) is 23.3 Å². The van der Waals surface area contributed by atoms with Crippen molar-refractivity contribution in [3.63, 3.8) is 0 Å². The minimum Gasteiger partial charge on any atom is -0.439 e. The molecule has 0 spiro atoms. The highest BCUT2D eigenvalue weighted by Gasteiger charge is 2.07. The molecule has 1 amide bonds. The number of anilines is 1. The Morgan fingerprint density at radius 1 is 1.13 bits per heavy atom. The van der Waals surface area contributed by atoms with Crippen molar-refractivity contribution in [1.82, 2.24) is 4.98 Å². The molecule has 0 fully saturated rings. The van der Waals surface area contributed by atoms with Gasteiger partial charge in [-0.05, 0) is 48.4 Å². The van der Waals surface area contributed by atoms with E-state index in [1.165, 1.54) is 30.5 Å². The van der Waals surface area contributed by atoms with Gasteiger partial charge in [0.25, 0.3) is 5.91 Å². The molecule has 1 aromatic heterocycles. The van der Waals surface area contributed by atoms with E-state index >= 15 is 0 Å². The Morgan fingerprint density at radius 2 is 1.90 bits per heavy atom. The van der Waals surface area contributed by atoms with Crippen LogP contribution in [0.5, 0.6) is 11.6 Å². The Bertz CT molecular complexity index is 1020. The largest absolute Gasteiger partial charge is 0.439 e. The summed E-state index contributed by atoms with van der Waals surface area (Å²) in [5, 5.41) is 6.54. The number of benzene rings is 2. The monoisotopic (exact) mass is 408 g/mol. The van der Waals surface area contributed by atoms with E-state index in [1.54, 1.807) is 12.1 Å². The molecule has 0 saturated carbocycles. The first-order chi connectivity index (χ1) is 14.5. The third-order valence-electron chi connectivity index (χ3n) is 4.10. The van der Waals surface area contributed by atoms with Crippen LogP contribution < -0.4 is 15.8 Å². The highest BCUT2D eigenvalue weighted by molar-refractivity contribution is 5.97. The summed E-state index contributed by atoms with van der Waals surface area (Å²) in [5.41, 5.74) is 8.14. The van der Waals surface area contributed by atoms with E-state index in [0.717, 1.165) is 17.7 Å². The number of amides is 1. The molecule has 8 heteroatoms. The smallest absolute Gasteiger partial charge is 0.265 e. The molecule has 0 radical (unpaired) electrons. The number of carbonyl (C=O) groups excluding carboxylic acids is 1. The molecule has 0 aliphatic carbocycles. The molecule has 2 aromatic carbocycles. The van der Waals surface area contributed by atoms with Crippen molar-refractivity contribution < 1.29 is 18.8 Å². The van der Waals surface area contributed by atoms with Crippen molar-refractivity contribution in [2.24, 2.45) is 10.9 Å². The summed E-state index contributed by atoms with van der Waals surface area (Å²) >= 11 is 0. The number of para-hydroxylation sites is 1. The molecule has 3 N–H and O–H groups in total. The van der Waals surface area contributed by atoms with Crippen molar-refractivity contribution in [2.45, 2.75) is 13.3 Å². The molecular weight excluding hydrogens is 387 g/mol. The van der Waals surface area contributed by atoms with Crippen LogP contribution >= 0.6 is 0 Å². The topological polar surface area (TPSA) is 98.8 Å². The van der Waals surface area contributed by atoms with Gasteiger partial charge in [-0.25, -0.2) is 9.37 Å². The lowest BCUT2D eigenvalue weighted by Crippen LogP contribution is -2.20. The van der Waals surface area contributed by atoms with Gasteiger partial charge in [0.1, 0.15) is 11.6 Å². The van der Waals surface area contributed by atoms with Gasteiger partial charge in [0.2, 0.25) is 5.88 Å². The first kappa shape index (κ1) is 20.8. The van der Waals surface area contributed by atoms with E-state index in [2.05, 4.69) is 15.5 Å². The fourth-order valence-corrected chi connectivity index (χ4v) is 2.57. The lowest BCUT2D eigenvalue weighted by Gasteiger charge is -2.09. The van der Waals surface area contributed by atoms with E-state index in [0.29, 0.717) is 17.2 Å². The molecule has 0 aliphatic rings. The van der Waals surface area contributed by atoms with Crippen LogP contribution in [0.4, 0.5) is 10.1 Å². The number of ether oxygens (including phenoxy) is 1. The zero-order valence-corrected chi connectivity index (χ0v) is 16.3. The zero-order chi connectivity index (χ0) is 21.3. The Labute approximate surface area is 173 Å². The van der Waals surface area contributed by atoms with Crippen molar-refractivity contribution in [3.05, 3.63) is 83.8 Å². The molecule has 1 heterocycles. The van der Waals surface area contributed by atoms with Crippen LogP contribution in [0.1, 0.15) is 18.1 Å². The van der Waals surface area contributed by atoms with Crippen LogP contribution in [0.3, 0.4) is 0 Å². The molecule has 7 nitrogen and oxygen atoms in total. The predicted octanol–water partition coefficient (Wildman–Crippen LogP) is 3.85. The Hall–Kier alpha value is -3.94. The van der Waals surface area contributed by atoms with Crippen molar-refractivity contribution in [3.8, 4) is 11.6 Å². The molecule has 154 valence electrons. The molecule has 0 bridgehead atoms. The number of aryl methyl sites for hydroxylation is 1. The van der Waals surface area contributed by atoms with Crippen LogP contribution in [0.15, 0.2) is 72.0 Å². The number of carbonyl (C=O) groups is 1. The number of nitrogens with zero attached hydrogens (tertiary/aromatic N) is 2. The second kappa shape index (κ2) is 10.0. The van der Waals surface area contributed by atoms with Gasteiger partial charge in [-0.1, -0.05) is 30.3 Å². The maximum absolute atomic E-state index is 12.9. The standard InChI is InChI=1S/C22H21FN4O3/c1-2-15-5-3-4-6-19(15)26-20(28)14-29-27-22(24)16-7-12-21(25-13-16)30-18-10-8-17(23)9-11-18/h3-13H,2,14H2,1H3,(H2,24,27)(H,26,28). The zero-order valence-electron chi connectivity index (χ0n) is 16.3. The van der Waals surface area contributed by atoms with E-state index in [-0.39, 0.29) is 24.2 Å². The SMILES string of the molecule is CCc1ccccc1NC(=O)CO/N=C(/N)c1ccc(Oc2ccc(F)cc2)nc1. The number of hydrogen-bond acceptors (Lipinski definition) is 5. The third kappa shape index (κ3) is 5.78. The summed E-state index contributed by atoms with van der Waals surface area (Å²) in [6.07, 6.45) is 2.26. The highest BCUT2D eigenvalue weighted by Crippen LogP contribution is 2.19. The van der Waals surface area contributed by atoms with E-state index in [4.69, 9.17) is 15.3 Å². The molecule has 0 saturated heterocycles. The number of amidine groups is 1. The minimum absolute atomic E-state index is 0.0672. The first-order valence-electron chi connectivity index (χ1n) is 9.28. The number of hydrogen-bond donors (Lipinski definition) is 2. The number of halogens is 1. The summed E-state index contributed by atoms with van der Waals surface area (Å²) < 4.78 is 18.4. The first-order valence-corrected chi connectivity index (χ1v) is 9.28. The maximum atomic E-state index is 12.9. The fraction of sp³-hybridized carbons (Fsp3) is 0.136. The number of nitrogens with two attached hydrogens (primary N) is 1. The van der Waals surface area contributed by atoms with Gasteiger partial charge in [-0.3, -0.25) is 4.79 Å². The summed E-state index contributed by atoms with van der Waals surface area (Å²) in [4.78, 5) is 21.2. The van der Waals surface area contributed by atoms with Crippen molar-refractivity contribution in [2.75, 3.05) is 11.9 Å². The number of pyridine rings is 1. The van der Waals surface area contributed by atoms with Crippen LogP contribution in [0, 0.1) is 5.82 Å². The van der Waals surface area contributed by atoms with Gasteiger partial charge in [0.05, 0.1) is 0 Å². The number of aromatic nitrogens is 1. The normalized spacial score (nSPS) is 11.1. The summed E-state index contributed by atoms with van der Waals surface area (Å²) in [6.45, 7) is 1.73. The van der Waals surface area contributed by atoms with E-state index < -0.39 is 0 Å². The average molecular weight is 408 g/mol. The second-order valence-corrected chi connectivity index (χ2v) is 6.25. The Morgan fingerprint density at radius 3 is 2.60 bits per heavy atom. The molecule has 30 heavy (non-hydrogen) atoms. The maximum Gasteiger partial charge on any atom is 0.265 e. The summed E-state index contributed by atoms with van der Waals surface area (Å²) in [7, 11) is 0. The number of oxime groups is 1. The van der Waals surface area contributed by atoms with Crippen LogP contribution in [0.2, 0.25) is 0 Å². The predicted molar refractivity (Wildman–Crippen MR) is 112 cm³/mol. The lowest BCUT2D eigenvalue weighted by molar-refractivity contribution is -0.120. The molecular formula is C22H21FN4O3. The molecule has 3 aromatic rings. The fourth-order valence-electron chi connectivity index (χ4n) is 2.57. The van der Waals surface area contributed by atoms with Gasteiger partial charge in [0.15, 0.2) is 12.4 Å². The summed E-state index contributed by atoms with van der Waals surface area (Å²) in [6, 6.07) is 16.4. The Kier molecular flexibility index (Phi) is 6.94. The lowest BCUT2D eigenvalue weighted by atomic mass is 10.1. The Balaban J connectivity index is 1.52. The minimum atomic E-state index is -0.349. The third-order valence-corrected chi connectivity index (χ3v) is 4.10. The second-order valence-electron chi connectivity index (χ2n) is 6.25. The number of rotatable bonds is 8. The quantitative estimate of drug-likeness (QED) is 0.335. The molecule has 3 rings (SSSR count). The average Bonchev–Trinajstić information content (AvgIpc) is 2.76.